The Bertz CT molecular complexity index is 518. The van der Waals surface area contributed by atoms with Crippen LogP contribution in [-0.2, 0) is 19.0 Å². The SMILES string of the molecule is CCOP(=O)(OCC)C(F)(C#N)c1ccc(OC)cc1. The van der Waals surface area contributed by atoms with Gasteiger partial charge in [-0.3, -0.25) is 4.57 Å². The van der Waals surface area contributed by atoms with Crippen LogP contribution in [0.5, 0.6) is 5.75 Å². The van der Waals surface area contributed by atoms with Crippen molar-refractivity contribution in [1.29, 1.82) is 5.26 Å². The number of rotatable bonds is 7. The molecule has 0 N–H and O–H groups in total. The van der Waals surface area contributed by atoms with Crippen LogP contribution in [0.1, 0.15) is 19.4 Å². The molecule has 0 aliphatic rings. The topological polar surface area (TPSA) is 68.5 Å². The van der Waals surface area contributed by atoms with E-state index >= 15 is 0 Å². The van der Waals surface area contributed by atoms with Gasteiger partial charge in [0.15, 0.2) is 0 Å². The first kappa shape index (κ1) is 16.6. The first-order valence-corrected chi connectivity index (χ1v) is 7.65. The fraction of sp³-hybridized carbons (Fsp3) is 0.462. The van der Waals surface area contributed by atoms with Gasteiger partial charge in [0.25, 0.3) is 0 Å². The Morgan fingerprint density at radius 3 is 2.10 bits per heavy atom. The predicted octanol–water partition coefficient (Wildman–Crippen LogP) is 3.61. The third-order valence-electron chi connectivity index (χ3n) is 2.60. The summed E-state index contributed by atoms with van der Waals surface area (Å²) in [6.07, 6.45) is 0. The van der Waals surface area contributed by atoms with Crippen molar-refractivity contribution in [2.75, 3.05) is 20.3 Å². The normalized spacial score (nSPS) is 14.3. The van der Waals surface area contributed by atoms with Crippen molar-refractivity contribution in [3.8, 4) is 11.8 Å². The van der Waals surface area contributed by atoms with Gasteiger partial charge < -0.3 is 13.8 Å². The van der Waals surface area contributed by atoms with Gasteiger partial charge in [-0.1, -0.05) is 12.1 Å². The molecule has 0 bridgehead atoms. The van der Waals surface area contributed by atoms with Crippen LogP contribution < -0.4 is 4.74 Å². The molecule has 0 spiro atoms. The van der Waals surface area contributed by atoms with Crippen LogP contribution in [0.4, 0.5) is 4.39 Å². The molecule has 7 heteroatoms. The zero-order chi connectivity index (χ0) is 15.2. The molecular formula is C13H17FNO4P. The van der Waals surface area contributed by atoms with E-state index in [-0.39, 0.29) is 18.8 Å². The Hall–Kier alpha value is -1.41. The molecule has 0 aliphatic heterocycles. The molecule has 0 aromatic heterocycles. The first-order valence-electron chi connectivity index (χ1n) is 6.11. The Morgan fingerprint density at radius 1 is 1.25 bits per heavy atom. The van der Waals surface area contributed by atoms with Crippen LogP contribution in [0.3, 0.4) is 0 Å². The standard InChI is InChI=1S/C13H17FNO4P/c1-4-18-20(16,19-5-2)13(14,10-15)11-6-8-12(17-3)9-7-11/h6-9H,4-5H2,1-3H3. The second-order valence-electron chi connectivity index (χ2n) is 3.80. The van der Waals surface area contributed by atoms with E-state index in [4.69, 9.17) is 19.0 Å². The summed E-state index contributed by atoms with van der Waals surface area (Å²) >= 11 is 0. The molecule has 1 aromatic carbocycles. The molecule has 0 saturated heterocycles. The van der Waals surface area contributed by atoms with Crippen LogP contribution in [0.2, 0.25) is 0 Å². The van der Waals surface area contributed by atoms with E-state index in [0.717, 1.165) is 0 Å². The van der Waals surface area contributed by atoms with Crippen molar-refractivity contribution in [1.82, 2.24) is 0 Å². The molecule has 0 fully saturated rings. The van der Waals surface area contributed by atoms with Crippen molar-refractivity contribution in [3.63, 3.8) is 0 Å². The third kappa shape index (κ3) is 3.01. The highest BCUT2D eigenvalue weighted by Gasteiger charge is 2.54. The van der Waals surface area contributed by atoms with Gasteiger partial charge >= 0.3 is 13.0 Å². The van der Waals surface area contributed by atoms with Gasteiger partial charge in [0.05, 0.1) is 20.3 Å². The molecule has 0 amide bonds. The molecule has 1 unspecified atom stereocenters. The van der Waals surface area contributed by atoms with Crippen molar-refractivity contribution >= 4 is 7.60 Å². The van der Waals surface area contributed by atoms with E-state index < -0.39 is 13.0 Å². The zero-order valence-corrected chi connectivity index (χ0v) is 12.5. The highest BCUT2D eigenvalue weighted by atomic mass is 31.2. The monoisotopic (exact) mass is 301 g/mol. The van der Waals surface area contributed by atoms with Crippen LogP contribution in [0.15, 0.2) is 24.3 Å². The highest BCUT2D eigenvalue weighted by molar-refractivity contribution is 7.55. The summed E-state index contributed by atoms with van der Waals surface area (Å²) in [6.45, 7) is 3.05. The molecule has 0 radical (unpaired) electrons. The van der Waals surface area contributed by atoms with Crippen molar-refractivity contribution in [2.45, 2.75) is 19.3 Å². The van der Waals surface area contributed by atoms with Gasteiger partial charge in [-0.05, 0) is 26.0 Å². The van der Waals surface area contributed by atoms with Crippen molar-refractivity contribution in [2.24, 2.45) is 0 Å². The van der Waals surface area contributed by atoms with Gasteiger partial charge in [0.1, 0.15) is 11.8 Å². The number of halogens is 1. The summed E-state index contributed by atoms with van der Waals surface area (Å²) in [6, 6.07) is 7.02. The Kier molecular flexibility index (Phi) is 5.70. The average Bonchev–Trinajstić information content (AvgIpc) is 2.47. The Labute approximate surface area is 117 Å². The van der Waals surface area contributed by atoms with Crippen LogP contribution in [0.25, 0.3) is 0 Å². The maximum Gasteiger partial charge on any atom is 0.386 e. The van der Waals surface area contributed by atoms with Gasteiger partial charge in [-0.15, -0.1) is 0 Å². The molecule has 110 valence electrons. The lowest BCUT2D eigenvalue weighted by molar-refractivity contribution is 0.168. The molecular weight excluding hydrogens is 284 g/mol. The lowest BCUT2D eigenvalue weighted by atomic mass is 10.1. The number of alkyl halides is 1. The number of methoxy groups -OCH3 is 1. The molecule has 0 saturated carbocycles. The zero-order valence-electron chi connectivity index (χ0n) is 11.6. The Morgan fingerprint density at radius 2 is 1.75 bits per heavy atom. The molecule has 5 nitrogen and oxygen atoms in total. The largest absolute Gasteiger partial charge is 0.497 e. The van der Waals surface area contributed by atoms with Crippen LogP contribution >= 0.6 is 7.60 Å². The van der Waals surface area contributed by atoms with E-state index in [9.17, 15) is 8.96 Å². The van der Waals surface area contributed by atoms with E-state index in [0.29, 0.717) is 5.75 Å². The summed E-state index contributed by atoms with van der Waals surface area (Å²) in [4.78, 5) is 0. The molecule has 0 aliphatic carbocycles. The fourth-order valence-corrected chi connectivity index (χ4v) is 3.35. The van der Waals surface area contributed by atoms with Gasteiger partial charge in [-0.2, -0.15) is 5.26 Å². The minimum Gasteiger partial charge on any atom is -0.497 e. The number of benzene rings is 1. The number of hydrogen-bond donors (Lipinski definition) is 0. The first-order chi connectivity index (χ1) is 9.47. The minimum atomic E-state index is -4.26. The highest BCUT2D eigenvalue weighted by Crippen LogP contribution is 2.65. The summed E-state index contributed by atoms with van der Waals surface area (Å²) in [5, 5.41) is 6.31. The Balaban J connectivity index is 3.29. The number of nitriles is 1. The second-order valence-corrected chi connectivity index (χ2v) is 5.92. The molecule has 20 heavy (non-hydrogen) atoms. The quantitative estimate of drug-likeness (QED) is 0.720. The fourth-order valence-electron chi connectivity index (χ4n) is 1.65. The maximum atomic E-state index is 15.0. The minimum absolute atomic E-state index is 0.0270. The smallest absolute Gasteiger partial charge is 0.386 e. The van der Waals surface area contributed by atoms with Gasteiger partial charge in [-0.25, -0.2) is 4.39 Å². The number of hydrogen-bond acceptors (Lipinski definition) is 5. The lowest BCUT2D eigenvalue weighted by Crippen LogP contribution is -2.21. The van der Waals surface area contributed by atoms with E-state index in [1.54, 1.807) is 13.8 Å². The second kappa shape index (κ2) is 6.85. The van der Waals surface area contributed by atoms with Gasteiger partial charge in [0.2, 0.25) is 0 Å². The van der Waals surface area contributed by atoms with E-state index in [2.05, 4.69) is 0 Å². The van der Waals surface area contributed by atoms with Crippen LogP contribution in [0, 0.1) is 11.3 Å². The summed E-state index contributed by atoms with van der Waals surface area (Å²) in [7, 11) is -2.79. The van der Waals surface area contributed by atoms with Gasteiger partial charge in [0, 0.05) is 5.56 Å². The van der Waals surface area contributed by atoms with E-state index in [1.165, 1.54) is 37.4 Å². The third-order valence-corrected chi connectivity index (χ3v) is 4.91. The van der Waals surface area contributed by atoms with Crippen LogP contribution in [-0.4, -0.2) is 20.3 Å². The summed E-state index contributed by atoms with van der Waals surface area (Å²) in [5.74, 6) is 0.497. The predicted molar refractivity (Wildman–Crippen MR) is 72.3 cm³/mol. The lowest BCUT2D eigenvalue weighted by Gasteiger charge is -2.27. The summed E-state index contributed by atoms with van der Waals surface area (Å²) < 4.78 is 42.4. The molecule has 1 aromatic rings. The molecule has 1 atom stereocenters. The average molecular weight is 301 g/mol. The molecule has 0 heterocycles. The number of ether oxygens (including phenoxy) is 1. The maximum absolute atomic E-state index is 15.0. The molecule has 1 rings (SSSR count). The van der Waals surface area contributed by atoms with Crippen molar-refractivity contribution in [3.05, 3.63) is 29.8 Å². The summed E-state index contributed by atoms with van der Waals surface area (Å²) in [5.41, 5.74) is -0.0916. The van der Waals surface area contributed by atoms with E-state index in [1.807, 2.05) is 0 Å². The van der Waals surface area contributed by atoms with Crippen molar-refractivity contribution < 1.29 is 22.7 Å². The number of nitrogens with zero attached hydrogens (tertiary/aromatic N) is 1.